The Bertz CT molecular complexity index is 608. The zero-order chi connectivity index (χ0) is 13.9. The maximum Gasteiger partial charge on any atom is 0.261 e. The number of hydrogen-bond acceptors (Lipinski definition) is 2. The summed E-state index contributed by atoms with van der Waals surface area (Å²) in [5.41, 5.74) is 0.551. The Balaban J connectivity index is 2.17. The van der Waals surface area contributed by atoms with Crippen molar-refractivity contribution in [3.63, 3.8) is 0 Å². The maximum atomic E-state index is 12.2. The number of rotatable bonds is 4. The third-order valence-electron chi connectivity index (χ3n) is 3.11. The molecule has 3 nitrogen and oxygen atoms in total. The highest BCUT2D eigenvalue weighted by Gasteiger charge is 2.26. The van der Waals surface area contributed by atoms with Gasteiger partial charge in [-0.15, -0.1) is 11.6 Å². The highest BCUT2D eigenvalue weighted by atomic mass is 35.5. The predicted molar refractivity (Wildman–Crippen MR) is 79.7 cm³/mol. The van der Waals surface area contributed by atoms with Gasteiger partial charge in [0.15, 0.2) is 0 Å². The van der Waals surface area contributed by atoms with Gasteiger partial charge in [-0.05, 0) is 31.1 Å². The number of halogens is 1. The summed E-state index contributed by atoms with van der Waals surface area (Å²) < 4.78 is 26.9. The van der Waals surface area contributed by atoms with E-state index in [2.05, 4.69) is 4.72 Å². The largest absolute Gasteiger partial charge is 0.280 e. The van der Waals surface area contributed by atoms with Crippen LogP contribution in [0.2, 0.25) is 0 Å². The zero-order valence-corrected chi connectivity index (χ0v) is 12.2. The van der Waals surface area contributed by atoms with Crippen molar-refractivity contribution in [3.05, 3.63) is 53.5 Å². The van der Waals surface area contributed by atoms with Gasteiger partial charge in [-0.25, -0.2) is 8.42 Å². The first kappa shape index (κ1) is 14.2. The van der Waals surface area contributed by atoms with E-state index >= 15 is 0 Å². The Morgan fingerprint density at radius 3 is 2.53 bits per heavy atom. The molecule has 0 bridgehead atoms. The molecule has 19 heavy (non-hydrogen) atoms. The summed E-state index contributed by atoms with van der Waals surface area (Å²) in [6.45, 7) is 1.98. The monoisotopic (exact) mass is 297 g/mol. The molecule has 0 radical (unpaired) electrons. The minimum absolute atomic E-state index is 0.265. The Morgan fingerprint density at radius 2 is 2.00 bits per heavy atom. The highest BCUT2D eigenvalue weighted by molar-refractivity contribution is 7.96. The molecule has 1 aliphatic carbocycles. The summed E-state index contributed by atoms with van der Waals surface area (Å²) in [5, 5.41) is 0. The van der Waals surface area contributed by atoms with E-state index < -0.39 is 14.9 Å². The molecular weight excluding hydrogens is 282 g/mol. The van der Waals surface area contributed by atoms with Crippen LogP contribution in [0.25, 0.3) is 0 Å². The Labute approximate surface area is 119 Å². The van der Waals surface area contributed by atoms with Crippen molar-refractivity contribution in [2.24, 2.45) is 0 Å². The third-order valence-corrected chi connectivity index (χ3v) is 5.09. The first-order valence-corrected chi connectivity index (χ1v) is 7.97. The molecule has 1 aromatic rings. The lowest BCUT2D eigenvalue weighted by atomic mass is 9.97. The van der Waals surface area contributed by atoms with Gasteiger partial charge < -0.3 is 0 Å². The molecule has 1 aliphatic rings. The number of allylic oxidation sites excluding steroid dienone is 3. The van der Waals surface area contributed by atoms with Crippen LogP contribution in [0.4, 0.5) is 5.69 Å². The standard InChI is InChI=1S/C14H16ClNO2S/c1-2-14(15)10-8-13(9-11-14)19(17,18)16-12-6-4-3-5-7-12/h3-10,16H,2,11H2,1H3. The number of anilines is 1. The second kappa shape index (κ2) is 5.39. The summed E-state index contributed by atoms with van der Waals surface area (Å²) in [7, 11) is -3.53. The quantitative estimate of drug-likeness (QED) is 0.862. The minimum Gasteiger partial charge on any atom is -0.280 e. The smallest absolute Gasteiger partial charge is 0.261 e. The van der Waals surface area contributed by atoms with Gasteiger partial charge in [0.2, 0.25) is 0 Å². The topological polar surface area (TPSA) is 46.2 Å². The van der Waals surface area contributed by atoms with Crippen LogP contribution in [-0.2, 0) is 10.0 Å². The van der Waals surface area contributed by atoms with Gasteiger partial charge in [0.1, 0.15) is 0 Å². The van der Waals surface area contributed by atoms with Crippen molar-refractivity contribution in [1.82, 2.24) is 0 Å². The molecule has 0 spiro atoms. The van der Waals surface area contributed by atoms with Gasteiger partial charge in [0.25, 0.3) is 10.0 Å². The molecule has 2 rings (SSSR count). The average molecular weight is 298 g/mol. The number of para-hydroxylation sites is 1. The van der Waals surface area contributed by atoms with Gasteiger partial charge in [0.05, 0.1) is 9.78 Å². The van der Waals surface area contributed by atoms with Crippen molar-refractivity contribution >= 4 is 27.3 Å². The number of sulfonamides is 1. The van der Waals surface area contributed by atoms with Gasteiger partial charge in [0, 0.05) is 5.69 Å². The Morgan fingerprint density at radius 1 is 1.32 bits per heavy atom. The maximum absolute atomic E-state index is 12.2. The fraction of sp³-hybridized carbons (Fsp3) is 0.286. The third kappa shape index (κ3) is 3.39. The summed E-state index contributed by atoms with van der Waals surface area (Å²) >= 11 is 6.29. The number of hydrogen-bond donors (Lipinski definition) is 1. The van der Waals surface area contributed by atoms with Crippen molar-refractivity contribution in [3.8, 4) is 0 Å². The van der Waals surface area contributed by atoms with Gasteiger partial charge in [-0.1, -0.05) is 37.3 Å². The van der Waals surface area contributed by atoms with Crippen molar-refractivity contribution < 1.29 is 8.42 Å². The summed E-state index contributed by atoms with van der Waals surface area (Å²) in [5.74, 6) is 0. The molecule has 0 amide bonds. The van der Waals surface area contributed by atoms with E-state index in [4.69, 9.17) is 11.6 Å². The van der Waals surface area contributed by atoms with Crippen LogP contribution >= 0.6 is 11.6 Å². The summed E-state index contributed by atoms with van der Waals surface area (Å²) in [4.78, 5) is -0.188. The lowest BCUT2D eigenvalue weighted by Crippen LogP contribution is -2.22. The molecule has 0 fully saturated rings. The van der Waals surface area contributed by atoms with Gasteiger partial charge >= 0.3 is 0 Å². The second-order valence-corrected chi connectivity index (χ2v) is 6.94. The normalized spacial score (nSPS) is 22.9. The predicted octanol–water partition coefficient (Wildman–Crippen LogP) is 3.66. The van der Waals surface area contributed by atoms with Crippen LogP contribution < -0.4 is 4.72 Å². The van der Waals surface area contributed by atoms with E-state index in [1.54, 1.807) is 42.5 Å². The number of nitrogens with one attached hydrogen (secondary N) is 1. The van der Waals surface area contributed by atoms with Gasteiger partial charge in [-0.3, -0.25) is 4.72 Å². The summed E-state index contributed by atoms with van der Waals surface area (Å²) in [6, 6.07) is 8.82. The number of benzene rings is 1. The molecule has 0 saturated heterocycles. The average Bonchev–Trinajstić information content (AvgIpc) is 2.40. The number of alkyl halides is 1. The van der Waals surface area contributed by atoms with E-state index in [1.165, 1.54) is 0 Å². The molecule has 102 valence electrons. The van der Waals surface area contributed by atoms with Crippen LogP contribution in [-0.4, -0.2) is 13.3 Å². The van der Waals surface area contributed by atoms with E-state index in [0.29, 0.717) is 12.1 Å². The van der Waals surface area contributed by atoms with E-state index in [-0.39, 0.29) is 4.91 Å². The Hall–Kier alpha value is -1.26. The fourth-order valence-corrected chi connectivity index (χ4v) is 3.07. The molecular formula is C14H16ClNO2S. The molecule has 1 N–H and O–H groups in total. The van der Waals surface area contributed by atoms with Crippen molar-refractivity contribution in [2.45, 2.75) is 24.6 Å². The van der Waals surface area contributed by atoms with E-state index in [9.17, 15) is 8.42 Å². The van der Waals surface area contributed by atoms with Gasteiger partial charge in [-0.2, -0.15) is 0 Å². The minimum atomic E-state index is -3.53. The summed E-state index contributed by atoms with van der Waals surface area (Å²) in [6.07, 6.45) is 6.29. The molecule has 0 aliphatic heterocycles. The Kier molecular flexibility index (Phi) is 4.02. The molecule has 0 heterocycles. The molecule has 1 aromatic carbocycles. The molecule has 0 saturated carbocycles. The van der Waals surface area contributed by atoms with E-state index in [0.717, 1.165) is 6.42 Å². The van der Waals surface area contributed by atoms with Crippen LogP contribution in [0.3, 0.4) is 0 Å². The van der Waals surface area contributed by atoms with Crippen LogP contribution in [0.15, 0.2) is 53.5 Å². The SMILES string of the molecule is CCC1(Cl)C=CC(S(=O)(=O)Nc2ccccc2)=CC1. The van der Waals surface area contributed by atoms with E-state index in [1.807, 2.05) is 13.0 Å². The lowest BCUT2D eigenvalue weighted by Gasteiger charge is -2.23. The fourth-order valence-electron chi connectivity index (χ4n) is 1.82. The van der Waals surface area contributed by atoms with Crippen LogP contribution in [0.1, 0.15) is 19.8 Å². The van der Waals surface area contributed by atoms with Crippen molar-refractivity contribution in [1.29, 1.82) is 0 Å². The molecule has 0 aromatic heterocycles. The first-order valence-electron chi connectivity index (χ1n) is 6.11. The zero-order valence-electron chi connectivity index (χ0n) is 10.6. The van der Waals surface area contributed by atoms with Crippen LogP contribution in [0.5, 0.6) is 0 Å². The first-order chi connectivity index (χ1) is 8.95. The molecule has 1 unspecified atom stereocenters. The molecule has 1 atom stereocenters. The highest BCUT2D eigenvalue weighted by Crippen LogP contribution is 2.32. The molecule has 5 heteroatoms. The lowest BCUT2D eigenvalue weighted by molar-refractivity contribution is 0.606. The van der Waals surface area contributed by atoms with Crippen molar-refractivity contribution in [2.75, 3.05) is 4.72 Å². The van der Waals surface area contributed by atoms with Crippen LogP contribution in [0, 0.1) is 0 Å². The second-order valence-electron chi connectivity index (χ2n) is 4.50.